The number of unbranched alkanes of at least 4 members (excludes halogenated alkanes) is 27. The summed E-state index contributed by atoms with van der Waals surface area (Å²) in [5, 5.41) is 0. The molecule has 0 heterocycles. The molecule has 0 aromatic carbocycles. The second-order valence-electron chi connectivity index (χ2n) is 17.1. The molecule has 0 rings (SSSR count). The Hall–Kier alpha value is -2.89. The highest BCUT2D eigenvalue weighted by Crippen LogP contribution is 2.15. The predicted molar refractivity (Wildman–Crippen MR) is 261 cm³/mol. The lowest BCUT2D eigenvalue weighted by atomic mass is 10.0. The van der Waals surface area contributed by atoms with Crippen LogP contribution < -0.4 is 0 Å². The topological polar surface area (TPSA) is 78.9 Å². The highest BCUT2D eigenvalue weighted by atomic mass is 16.6. The molecule has 0 aliphatic rings. The summed E-state index contributed by atoms with van der Waals surface area (Å²) in [5.41, 5.74) is 0. The third-order valence-corrected chi connectivity index (χ3v) is 11.1. The van der Waals surface area contributed by atoms with Gasteiger partial charge in [-0.15, -0.1) is 0 Å². The van der Waals surface area contributed by atoms with E-state index in [9.17, 15) is 14.4 Å². The standard InChI is InChI=1S/C55H96O6/c1-4-7-10-13-16-19-22-25-27-30-33-36-39-42-45-48-54(57)60-51-52(50-59-53(56)47-44-41-38-35-32-29-24-21-18-15-12-9-6-3)61-55(58)49-46-43-40-37-34-31-28-26-23-20-17-14-11-8-5-2/h13,16-17,19-20,22,25-28,52H,4-12,14-15,18,21,23-24,29-51H2,1-3H3. The molecule has 61 heavy (non-hydrogen) atoms. The Morgan fingerprint density at radius 2 is 0.672 bits per heavy atom. The number of carbonyl (C=O) groups is 3. The van der Waals surface area contributed by atoms with Crippen molar-refractivity contribution in [3.05, 3.63) is 60.8 Å². The van der Waals surface area contributed by atoms with Crippen LogP contribution in [0.4, 0.5) is 0 Å². The van der Waals surface area contributed by atoms with Gasteiger partial charge >= 0.3 is 17.9 Å². The van der Waals surface area contributed by atoms with Gasteiger partial charge < -0.3 is 14.2 Å². The summed E-state index contributed by atoms with van der Waals surface area (Å²) in [7, 11) is 0. The normalized spacial score (nSPS) is 12.5. The highest BCUT2D eigenvalue weighted by molar-refractivity contribution is 5.71. The maximum atomic E-state index is 12.8. The van der Waals surface area contributed by atoms with Gasteiger partial charge in [0.1, 0.15) is 13.2 Å². The summed E-state index contributed by atoms with van der Waals surface area (Å²) in [6.45, 7) is 6.54. The molecule has 0 bridgehead atoms. The quantitative estimate of drug-likeness (QED) is 0.0200. The van der Waals surface area contributed by atoms with E-state index in [1.54, 1.807) is 0 Å². The molecule has 0 spiro atoms. The molecule has 1 atom stereocenters. The van der Waals surface area contributed by atoms with Gasteiger partial charge in [-0.2, -0.15) is 0 Å². The Balaban J connectivity index is 4.44. The van der Waals surface area contributed by atoms with Crippen molar-refractivity contribution in [3.8, 4) is 0 Å². The molecule has 6 heteroatoms. The van der Waals surface area contributed by atoms with E-state index in [1.807, 2.05) is 0 Å². The molecule has 0 N–H and O–H groups in total. The van der Waals surface area contributed by atoms with Gasteiger partial charge in [0.05, 0.1) is 0 Å². The lowest BCUT2D eigenvalue weighted by Gasteiger charge is -2.18. The molecule has 0 amide bonds. The molecular weight excluding hydrogens is 757 g/mol. The van der Waals surface area contributed by atoms with Crippen LogP contribution in [0.1, 0.15) is 252 Å². The van der Waals surface area contributed by atoms with Gasteiger partial charge in [0, 0.05) is 19.3 Å². The maximum Gasteiger partial charge on any atom is 0.306 e. The lowest BCUT2D eigenvalue weighted by Crippen LogP contribution is -2.30. The van der Waals surface area contributed by atoms with Crippen LogP contribution in [0, 0.1) is 0 Å². The van der Waals surface area contributed by atoms with Crippen molar-refractivity contribution in [2.45, 2.75) is 258 Å². The summed E-state index contributed by atoms with van der Waals surface area (Å²) < 4.78 is 16.8. The summed E-state index contributed by atoms with van der Waals surface area (Å²) in [4.78, 5) is 38.0. The van der Waals surface area contributed by atoms with E-state index in [1.165, 1.54) is 103 Å². The minimum Gasteiger partial charge on any atom is -0.462 e. The van der Waals surface area contributed by atoms with Crippen molar-refractivity contribution in [2.75, 3.05) is 13.2 Å². The van der Waals surface area contributed by atoms with Crippen LogP contribution in [-0.4, -0.2) is 37.2 Å². The Bertz CT molecular complexity index is 1120. The fourth-order valence-corrected chi connectivity index (χ4v) is 7.11. The second kappa shape index (κ2) is 49.8. The van der Waals surface area contributed by atoms with Crippen molar-refractivity contribution < 1.29 is 28.6 Å². The molecule has 0 saturated heterocycles. The van der Waals surface area contributed by atoms with Gasteiger partial charge in [0.25, 0.3) is 0 Å². The highest BCUT2D eigenvalue weighted by Gasteiger charge is 2.19. The molecule has 352 valence electrons. The first-order chi connectivity index (χ1) is 30.0. The predicted octanol–water partition coefficient (Wildman–Crippen LogP) is 16.9. The van der Waals surface area contributed by atoms with E-state index in [4.69, 9.17) is 14.2 Å². The van der Waals surface area contributed by atoms with E-state index in [0.717, 1.165) is 109 Å². The van der Waals surface area contributed by atoms with Gasteiger partial charge in [-0.3, -0.25) is 14.4 Å². The Morgan fingerprint density at radius 1 is 0.344 bits per heavy atom. The van der Waals surface area contributed by atoms with Gasteiger partial charge in [0.15, 0.2) is 6.10 Å². The average molecular weight is 853 g/mol. The number of carbonyl (C=O) groups excluding carboxylic acids is 3. The Morgan fingerprint density at radius 3 is 1.11 bits per heavy atom. The van der Waals surface area contributed by atoms with Crippen LogP contribution in [0.25, 0.3) is 0 Å². The molecule has 0 aliphatic carbocycles. The first-order valence-corrected chi connectivity index (χ1v) is 25.8. The van der Waals surface area contributed by atoms with Crippen molar-refractivity contribution in [3.63, 3.8) is 0 Å². The van der Waals surface area contributed by atoms with E-state index in [-0.39, 0.29) is 31.1 Å². The maximum absolute atomic E-state index is 12.8. The van der Waals surface area contributed by atoms with E-state index < -0.39 is 6.10 Å². The Kier molecular flexibility index (Phi) is 47.4. The van der Waals surface area contributed by atoms with Crippen LogP contribution in [0.3, 0.4) is 0 Å². The monoisotopic (exact) mass is 853 g/mol. The molecule has 0 aliphatic heterocycles. The zero-order valence-electron chi connectivity index (χ0n) is 40.2. The molecule has 0 aromatic rings. The third-order valence-electron chi connectivity index (χ3n) is 11.1. The molecule has 6 nitrogen and oxygen atoms in total. The number of rotatable bonds is 46. The molecule has 1 unspecified atom stereocenters. The number of esters is 3. The lowest BCUT2D eigenvalue weighted by molar-refractivity contribution is -0.167. The first kappa shape index (κ1) is 58.1. The van der Waals surface area contributed by atoms with Gasteiger partial charge in [0.2, 0.25) is 0 Å². The Labute approximate surface area is 377 Å². The molecule has 0 saturated carbocycles. The molecule has 0 fully saturated rings. The second-order valence-corrected chi connectivity index (χ2v) is 17.1. The fourth-order valence-electron chi connectivity index (χ4n) is 7.11. The summed E-state index contributed by atoms with van der Waals surface area (Å²) in [6, 6.07) is 0. The summed E-state index contributed by atoms with van der Waals surface area (Å²) in [6.07, 6.45) is 60.5. The van der Waals surface area contributed by atoms with Gasteiger partial charge in [-0.25, -0.2) is 0 Å². The van der Waals surface area contributed by atoms with Crippen molar-refractivity contribution in [1.82, 2.24) is 0 Å². The van der Waals surface area contributed by atoms with E-state index in [2.05, 4.69) is 81.5 Å². The molecular formula is C55H96O6. The van der Waals surface area contributed by atoms with Gasteiger partial charge in [-0.05, 0) is 70.6 Å². The number of hydrogen-bond acceptors (Lipinski definition) is 6. The minimum atomic E-state index is -0.787. The zero-order valence-corrected chi connectivity index (χ0v) is 40.2. The average Bonchev–Trinajstić information content (AvgIpc) is 3.26. The van der Waals surface area contributed by atoms with Gasteiger partial charge in [-0.1, -0.05) is 223 Å². The summed E-state index contributed by atoms with van der Waals surface area (Å²) >= 11 is 0. The first-order valence-electron chi connectivity index (χ1n) is 25.8. The van der Waals surface area contributed by atoms with Crippen LogP contribution in [-0.2, 0) is 28.6 Å². The third kappa shape index (κ3) is 48.0. The fraction of sp³-hybridized carbons (Fsp3) is 0.764. The number of ether oxygens (including phenoxy) is 3. The van der Waals surface area contributed by atoms with Crippen molar-refractivity contribution in [2.24, 2.45) is 0 Å². The van der Waals surface area contributed by atoms with Crippen molar-refractivity contribution >= 4 is 17.9 Å². The van der Waals surface area contributed by atoms with Crippen LogP contribution in [0.5, 0.6) is 0 Å². The number of allylic oxidation sites excluding steroid dienone is 10. The minimum absolute atomic E-state index is 0.0850. The zero-order chi connectivity index (χ0) is 44.4. The summed E-state index contributed by atoms with van der Waals surface area (Å²) in [5.74, 6) is -0.915. The largest absolute Gasteiger partial charge is 0.462 e. The smallest absolute Gasteiger partial charge is 0.306 e. The van der Waals surface area contributed by atoms with Crippen LogP contribution in [0.15, 0.2) is 60.8 Å². The van der Waals surface area contributed by atoms with E-state index >= 15 is 0 Å². The molecule has 0 radical (unpaired) electrons. The van der Waals surface area contributed by atoms with Crippen molar-refractivity contribution in [1.29, 1.82) is 0 Å². The molecule has 0 aromatic heterocycles. The van der Waals surface area contributed by atoms with E-state index in [0.29, 0.717) is 19.3 Å². The van der Waals surface area contributed by atoms with Crippen LogP contribution >= 0.6 is 0 Å². The SMILES string of the molecule is CCCCC=CC=CC=CCCCCCCCC(=O)OCC(COC(=O)CCCCCCCCCCCCCCC)OC(=O)CCCCCCCC=CCC=CCCCCC. The van der Waals surface area contributed by atoms with Crippen LogP contribution in [0.2, 0.25) is 0 Å². The number of hydrogen-bond donors (Lipinski definition) is 0.